The largest absolute Gasteiger partial charge is 0.495 e. The quantitative estimate of drug-likeness (QED) is 0.571. The summed E-state index contributed by atoms with van der Waals surface area (Å²) in [5, 5.41) is 2.73. The smallest absolute Gasteiger partial charge is 0.240 e. The summed E-state index contributed by atoms with van der Waals surface area (Å²) in [5.41, 5.74) is 0.892. The first-order valence-electron chi connectivity index (χ1n) is 9.60. The first-order chi connectivity index (χ1) is 14.8. The van der Waals surface area contributed by atoms with E-state index in [4.69, 9.17) is 18.9 Å². The predicted octanol–water partition coefficient (Wildman–Crippen LogP) is 2.34. The average Bonchev–Trinajstić information content (AvgIpc) is 3.56. The van der Waals surface area contributed by atoms with Crippen molar-refractivity contribution >= 4 is 21.6 Å². The number of hydrogen-bond donors (Lipinski definition) is 2. The Morgan fingerprint density at radius 1 is 0.935 bits per heavy atom. The Bertz CT molecular complexity index is 1040. The second-order valence-electron chi connectivity index (χ2n) is 7.02. The standard InChI is InChI=1S/C21H26N2O7S/c1-27-17-8-7-15(31(25,26)23-14-5-6-14)12-16(17)22-20(24)11-13-9-18(28-2)21(30-4)19(10-13)29-3/h7-10,12,14,23H,5-6,11H2,1-4H3,(H,22,24). The van der Waals surface area contributed by atoms with Gasteiger partial charge in [0.15, 0.2) is 11.5 Å². The van der Waals surface area contributed by atoms with Crippen LogP contribution in [0.1, 0.15) is 18.4 Å². The van der Waals surface area contributed by atoms with Crippen LogP contribution in [0, 0.1) is 0 Å². The van der Waals surface area contributed by atoms with Gasteiger partial charge in [-0.05, 0) is 48.7 Å². The van der Waals surface area contributed by atoms with Crippen LogP contribution in [0.15, 0.2) is 35.2 Å². The van der Waals surface area contributed by atoms with Crippen LogP contribution >= 0.6 is 0 Å². The molecular weight excluding hydrogens is 424 g/mol. The fourth-order valence-corrected chi connectivity index (χ4v) is 4.39. The topological polar surface area (TPSA) is 112 Å². The van der Waals surface area contributed by atoms with Crippen molar-refractivity contribution in [3.05, 3.63) is 35.9 Å². The summed E-state index contributed by atoms with van der Waals surface area (Å²) in [7, 11) is 2.26. The van der Waals surface area contributed by atoms with Crippen LogP contribution in [0.2, 0.25) is 0 Å². The Kier molecular flexibility index (Phi) is 6.91. The Morgan fingerprint density at radius 2 is 1.55 bits per heavy atom. The maximum absolute atomic E-state index is 12.7. The summed E-state index contributed by atoms with van der Waals surface area (Å²) < 4.78 is 48.8. The van der Waals surface area contributed by atoms with Gasteiger partial charge in [0.1, 0.15) is 5.75 Å². The van der Waals surface area contributed by atoms with Crippen molar-refractivity contribution in [2.75, 3.05) is 33.8 Å². The molecule has 31 heavy (non-hydrogen) atoms. The third-order valence-electron chi connectivity index (χ3n) is 4.74. The van der Waals surface area contributed by atoms with Crippen molar-refractivity contribution in [3.8, 4) is 23.0 Å². The molecule has 0 aliphatic heterocycles. The molecule has 2 N–H and O–H groups in total. The van der Waals surface area contributed by atoms with Crippen LogP contribution in [-0.4, -0.2) is 48.8 Å². The number of carbonyl (C=O) groups excluding carboxylic acids is 1. The lowest BCUT2D eigenvalue weighted by Crippen LogP contribution is -2.26. The van der Waals surface area contributed by atoms with E-state index in [0.717, 1.165) is 12.8 Å². The molecule has 1 aliphatic rings. The number of methoxy groups -OCH3 is 4. The van der Waals surface area contributed by atoms with Gasteiger partial charge in [-0.25, -0.2) is 13.1 Å². The van der Waals surface area contributed by atoms with Gasteiger partial charge in [0.2, 0.25) is 21.7 Å². The highest BCUT2D eigenvalue weighted by Gasteiger charge is 2.28. The molecule has 0 spiro atoms. The molecule has 9 nitrogen and oxygen atoms in total. The average molecular weight is 451 g/mol. The van der Waals surface area contributed by atoms with Gasteiger partial charge in [0, 0.05) is 6.04 Å². The third kappa shape index (κ3) is 5.39. The number of hydrogen-bond acceptors (Lipinski definition) is 7. The van der Waals surface area contributed by atoms with Crippen molar-refractivity contribution in [1.82, 2.24) is 4.72 Å². The third-order valence-corrected chi connectivity index (χ3v) is 6.26. The second-order valence-corrected chi connectivity index (χ2v) is 8.73. The monoisotopic (exact) mass is 450 g/mol. The van der Waals surface area contributed by atoms with Crippen LogP contribution in [-0.2, 0) is 21.2 Å². The normalized spacial score (nSPS) is 13.4. The summed E-state index contributed by atoms with van der Waals surface area (Å²) in [6.45, 7) is 0. The van der Waals surface area contributed by atoms with E-state index in [0.29, 0.717) is 28.6 Å². The van der Waals surface area contributed by atoms with Gasteiger partial charge in [-0.3, -0.25) is 4.79 Å². The molecule has 1 saturated carbocycles. The van der Waals surface area contributed by atoms with E-state index in [2.05, 4.69) is 10.0 Å². The van der Waals surface area contributed by atoms with Gasteiger partial charge < -0.3 is 24.3 Å². The van der Waals surface area contributed by atoms with E-state index in [1.165, 1.54) is 46.6 Å². The molecule has 168 valence electrons. The number of sulfonamides is 1. The molecule has 1 amide bonds. The molecule has 3 rings (SSSR count). The second kappa shape index (κ2) is 9.44. The number of nitrogens with one attached hydrogen (secondary N) is 2. The van der Waals surface area contributed by atoms with Crippen LogP contribution in [0.4, 0.5) is 5.69 Å². The lowest BCUT2D eigenvalue weighted by molar-refractivity contribution is -0.115. The van der Waals surface area contributed by atoms with Crippen molar-refractivity contribution in [1.29, 1.82) is 0 Å². The number of carbonyl (C=O) groups is 1. The Balaban J connectivity index is 1.82. The highest BCUT2D eigenvalue weighted by molar-refractivity contribution is 7.89. The Labute approximate surface area is 181 Å². The minimum absolute atomic E-state index is 0.00281. The molecule has 10 heteroatoms. The van der Waals surface area contributed by atoms with Crippen molar-refractivity contribution in [3.63, 3.8) is 0 Å². The van der Waals surface area contributed by atoms with Gasteiger partial charge in [-0.1, -0.05) is 0 Å². The SMILES string of the molecule is COc1ccc(S(=O)(=O)NC2CC2)cc1NC(=O)Cc1cc(OC)c(OC)c(OC)c1. The van der Waals surface area contributed by atoms with E-state index >= 15 is 0 Å². The summed E-state index contributed by atoms with van der Waals surface area (Å²) in [6.07, 6.45) is 1.65. The Morgan fingerprint density at radius 3 is 2.06 bits per heavy atom. The van der Waals surface area contributed by atoms with Gasteiger partial charge in [0.05, 0.1) is 45.4 Å². The molecule has 0 unspecified atom stereocenters. The summed E-state index contributed by atoms with van der Waals surface area (Å²) in [6, 6.07) is 7.67. The molecule has 1 fully saturated rings. The first-order valence-corrected chi connectivity index (χ1v) is 11.1. The number of amides is 1. The summed E-state index contributed by atoms with van der Waals surface area (Å²) in [4.78, 5) is 12.8. The lowest BCUT2D eigenvalue weighted by Gasteiger charge is -2.15. The molecule has 0 bridgehead atoms. The number of rotatable bonds is 10. The van der Waals surface area contributed by atoms with E-state index < -0.39 is 10.0 Å². The zero-order valence-electron chi connectivity index (χ0n) is 17.9. The fraction of sp³-hybridized carbons (Fsp3) is 0.381. The van der Waals surface area contributed by atoms with Crippen molar-refractivity contribution in [2.45, 2.75) is 30.2 Å². The zero-order chi connectivity index (χ0) is 22.6. The molecule has 2 aromatic carbocycles. The number of ether oxygens (including phenoxy) is 4. The molecular formula is C21H26N2O7S. The highest BCUT2D eigenvalue weighted by atomic mass is 32.2. The van der Waals surface area contributed by atoms with Gasteiger partial charge in [-0.2, -0.15) is 0 Å². The maximum Gasteiger partial charge on any atom is 0.240 e. The molecule has 0 atom stereocenters. The molecule has 0 aromatic heterocycles. The van der Waals surface area contributed by atoms with Gasteiger partial charge in [0.25, 0.3) is 0 Å². The van der Waals surface area contributed by atoms with E-state index in [-0.39, 0.29) is 29.0 Å². The number of benzene rings is 2. The minimum Gasteiger partial charge on any atom is -0.495 e. The van der Waals surface area contributed by atoms with E-state index in [1.807, 2.05) is 0 Å². The molecule has 1 aliphatic carbocycles. The molecule has 2 aromatic rings. The van der Waals surface area contributed by atoms with Gasteiger partial charge in [-0.15, -0.1) is 0 Å². The van der Waals surface area contributed by atoms with E-state index in [1.54, 1.807) is 12.1 Å². The van der Waals surface area contributed by atoms with E-state index in [9.17, 15) is 13.2 Å². The minimum atomic E-state index is -3.67. The van der Waals surface area contributed by atoms with Crippen molar-refractivity contribution in [2.24, 2.45) is 0 Å². The zero-order valence-corrected chi connectivity index (χ0v) is 18.7. The molecule has 0 radical (unpaired) electrons. The van der Waals surface area contributed by atoms with Gasteiger partial charge >= 0.3 is 0 Å². The molecule has 0 heterocycles. The van der Waals surface area contributed by atoms with Crippen LogP contribution < -0.4 is 29.0 Å². The highest BCUT2D eigenvalue weighted by Crippen LogP contribution is 2.38. The predicted molar refractivity (Wildman–Crippen MR) is 115 cm³/mol. The van der Waals surface area contributed by atoms with Crippen molar-refractivity contribution < 1.29 is 32.2 Å². The Hall–Kier alpha value is -2.98. The van der Waals surface area contributed by atoms with Crippen LogP contribution in [0.3, 0.4) is 0 Å². The summed E-state index contributed by atoms with van der Waals surface area (Å²) in [5.74, 6) is 1.28. The molecule has 0 saturated heterocycles. The lowest BCUT2D eigenvalue weighted by atomic mass is 10.1. The fourth-order valence-electron chi connectivity index (χ4n) is 3.06. The van der Waals surface area contributed by atoms with Crippen LogP contribution in [0.5, 0.6) is 23.0 Å². The first kappa shape index (κ1) is 22.7. The van der Waals surface area contributed by atoms with Crippen LogP contribution in [0.25, 0.3) is 0 Å². The number of anilines is 1. The maximum atomic E-state index is 12.7. The summed E-state index contributed by atoms with van der Waals surface area (Å²) >= 11 is 0.